The van der Waals surface area contributed by atoms with Crippen molar-refractivity contribution in [1.82, 2.24) is 9.97 Å². The fraction of sp³-hybridized carbons (Fsp3) is 0.150. The minimum atomic E-state index is -4.36. The summed E-state index contributed by atoms with van der Waals surface area (Å²) >= 11 is -0.220. The molecular weight excluding hydrogens is 417 g/mol. The summed E-state index contributed by atoms with van der Waals surface area (Å²) in [4.78, 5) is 20.8. The first-order valence-corrected chi connectivity index (χ1v) is 9.53. The third-order valence-electron chi connectivity index (χ3n) is 3.79. The van der Waals surface area contributed by atoms with Crippen LogP contribution in [0.25, 0.3) is 0 Å². The summed E-state index contributed by atoms with van der Waals surface area (Å²) in [5.41, 5.74) is -2.60. The molecule has 0 aliphatic heterocycles. The highest BCUT2D eigenvalue weighted by atomic mass is 32.2. The van der Waals surface area contributed by atoms with E-state index in [9.17, 15) is 18.0 Å². The van der Waals surface area contributed by atoms with Gasteiger partial charge in [0.05, 0.1) is 17.1 Å². The number of carbonyl (C=O) groups excluding carboxylic acids is 1. The zero-order valence-electron chi connectivity index (χ0n) is 15.9. The molecule has 30 heavy (non-hydrogen) atoms. The highest BCUT2D eigenvalue weighted by Crippen LogP contribution is 2.37. The Labute approximate surface area is 174 Å². The number of anilines is 2. The van der Waals surface area contributed by atoms with Gasteiger partial charge in [-0.15, -0.1) is 0 Å². The number of rotatable bonds is 5. The monoisotopic (exact) mass is 434 g/mol. The number of alkyl halides is 3. The van der Waals surface area contributed by atoms with E-state index in [1.807, 2.05) is 18.2 Å². The second kappa shape index (κ2) is 9.04. The van der Waals surface area contributed by atoms with Crippen molar-refractivity contribution in [3.05, 3.63) is 66.0 Å². The van der Waals surface area contributed by atoms with Crippen molar-refractivity contribution < 1.29 is 22.7 Å². The van der Waals surface area contributed by atoms with Crippen LogP contribution in [0.1, 0.15) is 11.4 Å². The number of ether oxygens (including phenoxy) is 1. The number of carbonyl (C=O) groups is 1. The first kappa shape index (κ1) is 21.4. The van der Waals surface area contributed by atoms with Gasteiger partial charge in [-0.1, -0.05) is 18.2 Å². The first-order chi connectivity index (χ1) is 14.2. The van der Waals surface area contributed by atoms with Crippen LogP contribution < -0.4 is 15.4 Å². The molecule has 2 aromatic carbocycles. The second-order valence-electron chi connectivity index (χ2n) is 6.12. The molecule has 0 radical (unpaired) electrons. The lowest BCUT2D eigenvalue weighted by Gasteiger charge is -2.13. The predicted octanol–water partition coefficient (Wildman–Crippen LogP) is 6.14. The number of aromatic nitrogens is 2. The van der Waals surface area contributed by atoms with Crippen molar-refractivity contribution >= 4 is 29.2 Å². The fourth-order valence-corrected chi connectivity index (χ4v) is 3.06. The number of nitrogens with one attached hydrogen (secondary N) is 2. The van der Waals surface area contributed by atoms with Crippen molar-refractivity contribution in [3.63, 3.8) is 0 Å². The van der Waals surface area contributed by atoms with Crippen LogP contribution in [0, 0.1) is 13.8 Å². The van der Waals surface area contributed by atoms with Crippen molar-refractivity contribution in [1.29, 1.82) is 0 Å². The van der Waals surface area contributed by atoms with Gasteiger partial charge in [-0.25, -0.2) is 4.79 Å². The number of amides is 2. The molecule has 0 saturated heterocycles. The molecule has 3 rings (SSSR count). The summed E-state index contributed by atoms with van der Waals surface area (Å²) < 4.78 is 42.8. The number of hydrogen-bond acceptors (Lipinski definition) is 5. The van der Waals surface area contributed by atoms with Crippen LogP contribution >= 0.6 is 11.8 Å². The molecule has 0 aliphatic carbocycles. The lowest BCUT2D eigenvalue weighted by Crippen LogP contribution is -2.21. The Kier molecular flexibility index (Phi) is 6.46. The van der Waals surface area contributed by atoms with Gasteiger partial charge in [0, 0.05) is 10.6 Å². The summed E-state index contributed by atoms with van der Waals surface area (Å²) in [6.07, 6.45) is 0. The molecule has 0 spiro atoms. The number of thioether (sulfide) groups is 1. The Morgan fingerprint density at radius 3 is 2.10 bits per heavy atom. The average molecular weight is 434 g/mol. The molecule has 10 heteroatoms. The molecule has 6 nitrogen and oxygen atoms in total. The minimum Gasteiger partial charge on any atom is -0.424 e. The van der Waals surface area contributed by atoms with Crippen molar-refractivity contribution in [2.24, 2.45) is 0 Å². The van der Waals surface area contributed by atoms with Gasteiger partial charge >= 0.3 is 17.5 Å². The number of nitrogens with zero attached hydrogens (tertiary/aromatic N) is 2. The van der Waals surface area contributed by atoms with Gasteiger partial charge in [-0.3, -0.25) is 0 Å². The Hall–Kier alpha value is -3.27. The van der Waals surface area contributed by atoms with E-state index in [4.69, 9.17) is 4.74 Å². The SMILES string of the molecule is Cc1nc(Oc2ccccc2)nc(C)c1NC(=O)Nc1ccc(SC(F)(F)F)cc1. The molecule has 0 saturated carbocycles. The largest absolute Gasteiger partial charge is 0.446 e. The van der Waals surface area contributed by atoms with Gasteiger partial charge in [0.1, 0.15) is 5.75 Å². The average Bonchev–Trinajstić information content (AvgIpc) is 2.66. The van der Waals surface area contributed by atoms with E-state index < -0.39 is 11.5 Å². The molecule has 1 aromatic heterocycles. The highest BCUT2D eigenvalue weighted by Gasteiger charge is 2.29. The summed E-state index contributed by atoms with van der Waals surface area (Å²) in [7, 11) is 0. The molecule has 2 amide bonds. The zero-order valence-corrected chi connectivity index (χ0v) is 16.8. The number of aryl methyl sites for hydroxylation is 2. The fourth-order valence-electron chi connectivity index (χ4n) is 2.52. The Balaban J connectivity index is 1.65. The number of halogens is 3. The van der Waals surface area contributed by atoms with E-state index in [0.29, 0.717) is 28.5 Å². The molecule has 2 N–H and O–H groups in total. The lowest BCUT2D eigenvalue weighted by molar-refractivity contribution is -0.0328. The van der Waals surface area contributed by atoms with Crippen LogP contribution in [0.5, 0.6) is 11.8 Å². The van der Waals surface area contributed by atoms with Crippen molar-refractivity contribution in [3.8, 4) is 11.8 Å². The lowest BCUT2D eigenvalue weighted by atomic mass is 10.3. The van der Waals surface area contributed by atoms with Crippen LogP contribution in [0.15, 0.2) is 59.5 Å². The third-order valence-corrected chi connectivity index (χ3v) is 4.53. The summed E-state index contributed by atoms with van der Waals surface area (Å²) in [6.45, 7) is 3.40. The normalized spacial score (nSPS) is 11.1. The van der Waals surface area contributed by atoms with E-state index >= 15 is 0 Å². The van der Waals surface area contributed by atoms with E-state index in [2.05, 4.69) is 20.6 Å². The van der Waals surface area contributed by atoms with Gasteiger partial charge in [-0.2, -0.15) is 23.1 Å². The summed E-state index contributed by atoms with van der Waals surface area (Å²) in [5.74, 6) is 0.585. The van der Waals surface area contributed by atoms with E-state index in [1.54, 1.807) is 26.0 Å². The Morgan fingerprint density at radius 2 is 1.53 bits per heavy atom. The maximum Gasteiger partial charge on any atom is 0.446 e. The molecule has 3 aromatic rings. The maximum absolute atomic E-state index is 12.4. The van der Waals surface area contributed by atoms with Gasteiger partial charge < -0.3 is 15.4 Å². The maximum atomic E-state index is 12.4. The molecule has 0 unspecified atom stereocenters. The first-order valence-electron chi connectivity index (χ1n) is 8.71. The van der Waals surface area contributed by atoms with E-state index in [0.717, 1.165) is 0 Å². The van der Waals surface area contributed by atoms with Crippen LogP contribution in [0.4, 0.5) is 29.3 Å². The van der Waals surface area contributed by atoms with Gasteiger partial charge in [0.15, 0.2) is 0 Å². The second-order valence-corrected chi connectivity index (χ2v) is 7.26. The number of hydrogen-bond donors (Lipinski definition) is 2. The molecule has 1 heterocycles. The Bertz CT molecular complexity index is 1010. The summed E-state index contributed by atoms with van der Waals surface area (Å²) in [5, 5.41) is 5.22. The molecule has 0 atom stereocenters. The molecular formula is C20H17F3N4O2S. The minimum absolute atomic E-state index is 0.0301. The molecule has 0 aliphatic rings. The molecule has 0 bridgehead atoms. The van der Waals surface area contributed by atoms with Gasteiger partial charge in [-0.05, 0) is 62.0 Å². The Morgan fingerprint density at radius 1 is 0.933 bits per heavy atom. The van der Waals surface area contributed by atoms with E-state index in [1.165, 1.54) is 24.3 Å². The van der Waals surface area contributed by atoms with Gasteiger partial charge in [0.2, 0.25) is 0 Å². The molecule has 0 fully saturated rings. The third kappa shape index (κ3) is 6.11. The molecule has 156 valence electrons. The highest BCUT2D eigenvalue weighted by molar-refractivity contribution is 8.00. The predicted molar refractivity (Wildman–Crippen MR) is 109 cm³/mol. The van der Waals surface area contributed by atoms with Crippen molar-refractivity contribution in [2.75, 3.05) is 10.6 Å². The quantitative estimate of drug-likeness (QED) is 0.472. The number of benzene rings is 2. The van der Waals surface area contributed by atoms with Crippen LogP contribution in [0.2, 0.25) is 0 Å². The zero-order chi connectivity index (χ0) is 21.7. The van der Waals surface area contributed by atoms with Crippen molar-refractivity contribution in [2.45, 2.75) is 24.3 Å². The van der Waals surface area contributed by atoms with E-state index in [-0.39, 0.29) is 22.7 Å². The van der Waals surface area contributed by atoms with Crippen LogP contribution in [-0.4, -0.2) is 21.5 Å². The number of para-hydroxylation sites is 1. The van der Waals surface area contributed by atoms with Crippen LogP contribution in [0.3, 0.4) is 0 Å². The van der Waals surface area contributed by atoms with Crippen LogP contribution in [-0.2, 0) is 0 Å². The standard InChI is InChI=1S/C20H17F3N4O2S/c1-12-17(13(2)25-19(24-12)29-15-6-4-3-5-7-15)27-18(28)26-14-8-10-16(11-9-14)30-20(21,22)23/h3-11H,1-2H3,(H2,26,27,28). The topological polar surface area (TPSA) is 76.1 Å². The summed E-state index contributed by atoms with van der Waals surface area (Å²) in [6, 6.07) is 14.0. The number of urea groups is 1. The smallest absolute Gasteiger partial charge is 0.424 e. The van der Waals surface area contributed by atoms with Gasteiger partial charge in [0.25, 0.3) is 0 Å².